The van der Waals surface area contributed by atoms with Crippen LogP contribution in [0.1, 0.15) is 54.1 Å². The van der Waals surface area contributed by atoms with Crippen molar-refractivity contribution in [2.45, 2.75) is 46.7 Å². The molecule has 0 saturated carbocycles. The zero-order chi connectivity index (χ0) is 30.8. The molecule has 6 rings (SSSR count). The highest BCUT2D eigenvalue weighted by atomic mass is 32.1. The van der Waals surface area contributed by atoms with Crippen LogP contribution < -0.4 is 19.9 Å². The van der Waals surface area contributed by atoms with Crippen LogP contribution in [-0.2, 0) is 0 Å². The predicted molar refractivity (Wildman–Crippen MR) is 184 cm³/mol. The van der Waals surface area contributed by atoms with Gasteiger partial charge < -0.3 is 24.4 Å². The van der Waals surface area contributed by atoms with Crippen molar-refractivity contribution in [3.8, 4) is 17.2 Å². The lowest BCUT2D eigenvalue weighted by Gasteiger charge is -2.28. The van der Waals surface area contributed by atoms with E-state index in [9.17, 15) is 0 Å². The van der Waals surface area contributed by atoms with Gasteiger partial charge in [-0.25, -0.2) is 0 Å². The lowest BCUT2D eigenvalue weighted by atomic mass is 9.96. The number of benzene rings is 3. The Balaban J connectivity index is 1.37. The normalized spacial score (nSPS) is 16.2. The third-order valence-corrected chi connectivity index (χ3v) is 8.81. The Morgan fingerprint density at radius 2 is 1.45 bits per heavy atom. The van der Waals surface area contributed by atoms with E-state index in [1.54, 1.807) is 0 Å². The summed E-state index contributed by atoms with van der Waals surface area (Å²) in [7, 11) is 0. The van der Waals surface area contributed by atoms with Crippen molar-refractivity contribution in [2.75, 3.05) is 22.9 Å². The van der Waals surface area contributed by atoms with Gasteiger partial charge in [-0.1, -0.05) is 23.8 Å². The molecular formula is C37H39N5OS. The molecule has 7 heteroatoms. The maximum Gasteiger partial charge on any atom is 0.174 e. The van der Waals surface area contributed by atoms with Crippen molar-refractivity contribution in [1.82, 2.24) is 14.9 Å². The van der Waals surface area contributed by atoms with E-state index >= 15 is 0 Å². The standard InChI is InChI=1S/C37H39N5OS/c1-6-40(7-2)28-13-15-29(16-14-28)41-26(4)24-33(27(41)5)36-35(34-10-8-9-23-38-34)39-37(44)42(36)30-17-21-32(22-18-30)43-31-19-11-25(3)12-20-31/h8-24,35-36H,6-7H2,1-5H3,(H,39,44)/t35-,36-/m0/s1. The number of nitrogens with one attached hydrogen (secondary N) is 1. The number of thiocarbonyl (C=S) groups is 1. The summed E-state index contributed by atoms with van der Waals surface area (Å²) in [6, 6.07) is 33.3. The first kappa shape index (κ1) is 29.5. The van der Waals surface area contributed by atoms with E-state index in [2.05, 4.69) is 115 Å². The quantitative estimate of drug-likeness (QED) is 0.171. The fourth-order valence-electron chi connectivity index (χ4n) is 6.25. The molecule has 3 heterocycles. The summed E-state index contributed by atoms with van der Waals surface area (Å²) in [6.07, 6.45) is 1.84. The van der Waals surface area contributed by atoms with Gasteiger partial charge in [0.05, 0.1) is 17.8 Å². The first-order chi connectivity index (χ1) is 21.4. The number of aryl methyl sites for hydroxylation is 2. The van der Waals surface area contributed by atoms with Crippen molar-refractivity contribution in [3.63, 3.8) is 0 Å². The van der Waals surface area contributed by atoms with Gasteiger partial charge in [-0.3, -0.25) is 4.98 Å². The highest BCUT2D eigenvalue weighted by Gasteiger charge is 2.42. The Kier molecular flexibility index (Phi) is 8.40. The number of nitrogens with zero attached hydrogens (tertiary/aromatic N) is 4. The molecule has 2 aromatic heterocycles. The summed E-state index contributed by atoms with van der Waals surface area (Å²) in [5.41, 5.74) is 9.10. The average Bonchev–Trinajstić information content (AvgIpc) is 3.54. The molecule has 1 aliphatic rings. The molecule has 5 aromatic rings. The molecule has 0 aliphatic carbocycles. The Morgan fingerprint density at radius 3 is 2.07 bits per heavy atom. The van der Waals surface area contributed by atoms with Crippen LogP contribution in [0, 0.1) is 20.8 Å². The minimum absolute atomic E-state index is 0.101. The molecule has 0 radical (unpaired) electrons. The minimum Gasteiger partial charge on any atom is -0.457 e. The number of hydrogen-bond acceptors (Lipinski definition) is 4. The summed E-state index contributed by atoms with van der Waals surface area (Å²) in [4.78, 5) is 9.33. The molecule has 1 aliphatic heterocycles. The van der Waals surface area contributed by atoms with Crippen molar-refractivity contribution in [2.24, 2.45) is 0 Å². The van der Waals surface area contributed by atoms with Gasteiger partial charge in [0.15, 0.2) is 5.11 Å². The van der Waals surface area contributed by atoms with Gasteiger partial charge >= 0.3 is 0 Å². The fraction of sp³-hybridized carbons (Fsp3) is 0.243. The third kappa shape index (κ3) is 5.67. The summed E-state index contributed by atoms with van der Waals surface area (Å²) < 4.78 is 8.46. The van der Waals surface area contributed by atoms with Crippen LogP contribution in [0.5, 0.6) is 11.5 Å². The third-order valence-electron chi connectivity index (χ3n) is 8.50. The molecule has 0 amide bonds. The first-order valence-electron chi connectivity index (χ1n) is 15.3. The number of anilines is 2. The lowest BCUT2D eigenvalue weighted by Crippen LogP contribution is -2.29. The number of pyridine rings is 1. The van der Waals surface area contributed by atoms with Crippen molar-refractivity contribution < 1.29 is 4.74 Å². The monoisotopic (exact) mass is 601 g/mol. The summed E-state index contributed by atoms with van der Waals surface area (Å²) >= 11 is 6.01. The summed E-state index contributed by atoms with van der Waals surface area (Å²) in [5, 5.41) is 4.28. The zero-order valence-electron chi connectivity index (χ0n) is 26.0. The SMILES string of the molecule is CCN(CC)c1ccc(-n2c(C)cc([C@H]3[C@H](c4ccccn4)NC(=S)N3c3ccc(Oc4ccc(C)cc4)cc3)c2C)cc1. The van der Waals surface area contributed by atoms with Gasteiger partial charge in [0, 0.05) is 47.7 Å². The molecule has 1 saturated heterocycles. The largest absolute Gasteiger partial charge is 0.457 e. The molecule has 3 aromatic carbocycles. The van der Waals surface area contributed by atoms with Gasteiger partial charge in [-0.15, -0.1) is 0 Å². The van der Waals surface area contributed by atoms with Crippen LogP contribution in [-0.4, -0.2) is 27.8 Å². The molecule has 2 atom stereocenters. The molecule has 44 heavy (non-hydrogen) atoms. The zero-order valence-corrected chi connectivity index (χ0v) is 26.8. The summed E-state index contributed by atoms with van der Waals surface area (Å²) in [6.45, 7) is 12.8. The molecule has 6 nitrogen and oxygen atoms in total. The number of ether oxygens (including phenoxy) is 1. The van der Waals surface area contributed by atoms with Crippen LogP contribution >= 0.6 is 12.2 Å². The van der Waals surface area contributed by atoms with Crippen molar-refractivity contribution in [1.29, 1.82) is 0 Å². The van der Waals surface area contributed by atoms with Gasteiger partial charge in [0.25, 0.3) is 0 Å². The highest BCUT2D eigenvalue weighted by molar-refractivity contribution is 7.80. The van der Waals surface area contributed by atoms with Crippen LogP contribution in [0.3, 0.4) is 0 Å². The number of rotatable bonds is 9. The Labute approximate surface area is 265 Å². The van der Waals surface area contributed by atoms with Crippen LogP contribution in [0.15, 0.2) is 103 Å². The first-order valence-corrected chi connectivity index (χ1v) is 15.7. The van der Waals surface area contributed by atoms with E-state index in [4.69, 9.17) is 21.9 Å². The van der Waals surface area contributed by atoms with Crippen molar-refractivity contribution >= 4 is 28.7 Å². The molecule has 0 bridgehead atoms. The van der Waals surface area contributed by atoms with E-state index < -0.39 is 0 Å². The maximum atomic E-state index is 6.12. The Hall–Kier alpha value is -4.62. The van der Waals surface area contributed by atoms with Gasteiger partial charge in [-0.2, -0.15) is 0 Å². The maximum absolute atomic E-state index is 6.12. The van der Waals surface area contributed by atoms with E-state index in [1.165, 1.54) is 28.2 Å². The Bertz CT molecular complexity index is 1730. The van der Waals surface area contributed by atoms with Gasteiger partial charge in [0.2, 0.25) is 0 Å². The highest BCUT2D eigenvalue weighted by Crippen LogP contribution is 2.44. The second-order valence-corrected chi connectivity index (χ2v) is 11.6. The van der Waals surface area contributed by atoms with E-state index in [-0.39, 0.29) is 12.1 Å². The van der Waals surface area contributed by atoms with Crippen molar-refractivity contribution in [3.05, 3.63) is 131 Å². The molecule has 0 unspecified atom stereocenters. The number of aromatic nitrogens is 2. The molecule has 1 fully saturated rings. The van der Waals surface area contributed by atoms with Crippen LogP contribution in [0.4, 0.5) is 11.4 Å². The van der Waals surface area contributed by atoms with Crippen LogP contribution in [0.25, 0.3) is 5.69 Å². The topological polar surface area (TPSA) is 45.6 Å². The minimum atomic E-state index is -0.119. The molecule has 1 N–H and O–H groups in total. The van der Waals surface area contributed by atoms with Gasteiger partial charge in [-0.05, 0) is 131 Å². The fourth-order valence-corrected chi connectivity index (χ4v) is 6.60. The van der Waals surface area contributed by atoms with E-state index in [0.29, 0.717) is 5.11 Å². The summed E-state index contributed by atoms with van der Waals surface area (Å²) in [5.74, 6) is 1.59. The lowest BCUT2D eigenvalue weighted by molar-refractivity contribution is 0.482. The van der Waals surface area contributed by atoms with Gasteiger partial charge in [0.1, 0.15) is 11.5 Å². The molecule has 0 spiro atoms. The molecular weight excluding hydrogens is 563 g/mol. The predicted octanol–water partition coefficient (Wildman–Crippen LogP) is 8.61. The van der Waals surface area contributed by atoms with E-state index in [1.807, 2.05) is 42.6 Å². The Morgan fingerprint density at radius 1 is 0.818 bits per heavy atom. The molecule has 224 valence electrons. The second kappa shape index (κ2) is 12.5. The van der Waals surface area contributed by atoms with Crippen LogP contribution in [0.2, 0.25) is 0 Å². The number of hydrogen-bond donors (Lipinski definition) is 1. The smallest absolute Gasteiger partial charge is 0.174 e. The average molecular weight is 602 g/mol. The van der Waals surface area contributed by atoms with E-state index in [0.717, 1.165) is 41.7 Å². The second-order valence-electron chi connectivity index (χ2n) is 11.3.